The van der Waals surface area contributed by atoms with Crippen molar-refractivity contribution in [2.45, 2.75) is 20.0 Å². The summed E-state index contributed by atoms with van der Waals surface area (Å²) in [7, 11) is 1.53. The molecule has 6 heteroatoms. The fourth-order valence-corrected chi connectivity index (χ4v) is 2.04. The molecule has 2 aromatic carbocycles. The minimum absolute atomic E-state index is 0.0559. The molecule has 0 unspecified atom stereocenters. The van der Waals surface area contributed by atoms with E-state index in [1.807, 2.05) is 0 Å². The van der Waals surface area contributed by atoms with Gasteiger partial charge in [0.1, 0.15) is 5.75 Å². The Morgan fingerprint density at radius 2 is 1.48 bits per heavy atom. The summed E-state index contributed by atoms with van der Waals surface area (Å²) in [6, 6.07) is 12.9. The Balaban J connectivity index is 1.94. The number of benzene rings is 2. The molecule has 0 aromatic heterocycles. The molecule has 0 radical (unpaired) electrons. The van der Waals surface area contributed by atoms with Crippen LogP contribution in [-0.2, 0) is 9.53 Å². The number of hydrogen-bond acceptors (Lipinski definition) is 5. The van der Waals surface area contributed by atoms with Crippen LogP contribution in [0.3, 0.4) is 0 Å². The van der Waals surface area contributed by atoms with Crippen LogP contribution < -0.4 is 10.1 Å². The van der Waals surface area contributed by atoms with Crippen molar-refractivity contribution in [2.75, 3.05) is 12.4 Å². The molecule has 25 heavy (non-hydrogen) atoms. The summed E-state index contributed by atoms with van der Waals surface area (Å²) < 4.78 is 10.2. The number of carbonyl (C=O) groups excluding carboxylic acids is 3. The van der Waals surface area contributed by atoms with Gasteiger partial charge in [-0.05, 0) is 62.4 Å². The van der Waals surface area contributed by atoms with E-state index in [1.165, 1.54) is 21.0 Å². The third kappa shape index (κ3) is 4.91. The Morgan fingerprint density at radius 1 is 0.920 bits per heavy atom. The molecule has 0 spiro atoms. The fraction of sp³-hybridized carbons (Fsp3) is 0.211. The van der Waals surface area contributed by atoms with E-state index in [1.54, 1.807) is 48.5 Å². The van der Waals surface area contributed by atoms with E-state index in [4.69, 9.17) is 9.47 Å². The van der Waals surface area contributed by atoms with Crippen molar-refractivity contribution in [2.24, 2.45) is 0 Å². The molecule has 0 bridgehead atoms. The number of methoxy groups -OCH3 is 1. The SMILES string of the molecule is COc1ccc(C(=O)O[C@@H](C)C(=O)Nc2ccc(C(C)=O)cc2)cc1. The first-order chi connectivity index (χ1) is 11.9. The van der Waals surface area contributed by atoms with Crippen LogP contribution in [0.4, 0.5) is 5.69 Å². The van der Waals surface area contributed by atoms with Crippen molar-refractivity contribution in [3.8, 4) is 5.75 Å². The average molecular weight is 341 g/mol. The Labute approximate surface area is 145 Å². The van der Waals surface area contributed by atoms with Crippen LogP contribution in [0.1, 0.15) is 34.6 Å². The van der Waals surface area contributed by atoms with Gasteiger partial charge in [0.2, 0.25) is 0 Å². The van der Waals surface area contributed by atoms with E-state index in [0.29, 0.717) is 22.6 Å². The number of Topliss-reactive ketones (excluding diaryl/α,β-unsaturated/α-hetero) is 1. The summed E-state index contributed by atoms with van der Waals surface area (Å²) in [6.45, 7) is 2.95. The maximum absolute atomic E-state index is 12.1. The van der Waals surface area contributed by atoms with E-state index >= 15 is 0 Å². The highest BCUT2D eigenvalue weighted by atomic mass is 16.5. The van der Waals surface area contributed by atoms with Gasteiger partial charge in [-0.15, -0.1) is 0 Å². The van der Waals surface area contributed by atoms with Crippen LogP contribution in [0, 0.1) is 0 Å². The molecule has 2 rings (SSSR count). The maximum Gasteiger partial charge on any atom is 0.338 e. The smallest absolute Gasteiger partial charge is 0.338 e. The van der Waals surface area contributed by atoms with Gasteiger partial charge in [-0.3, -0.25) is 9.59 Å². The molecule has 0 aliphatic carbocycles. The number of amides is 1. The zero-order chi connectivity index (χ0) is 18.4. The molecule has 0 saturated carbocycles. The van der Waals surface area contributed by atoms with Crippen molar-refractivity contribution in [3.63, 3.8) is 0 Å². The van der Waals surface area contributed by atoms with E-state index in [0.717, 1.165) is 0 Å². The Morgan fingerprint density at radius 3 is 2.00 bits per heavy atom. The molecule has 0 aliphatic rings. The lowest BCUT2D eigenvalue weighted by Gasteiger charge is -2.14. The van der Waals surface area contributed by atoms with E-state index in [9.17, 15) is 14.4 Å². The third-order valence-electron chi connectivity index (χ3n) is 3.54. The Hall–Kier alpha value is -3.15. The second-order valence-electron chi connectivity index (χ2n) is 5.40. The minimum Gasteiger partial charge on any atom is -0.497 e. The highest BCUT2D eigenvalue weighted by Gasteiger charge is 2.19. The fourth-order valence-electron chi connectivity index (χ4n) is 2.04. The van der Waals surface area contributed by atoms with Gasteiger partial charge in [0.25, 0.3) is 5.91 Å². The predicted molar refractivity (Wildman–Crippen MR) is 92.9 cm³/mol. The van der Waals surface area contributed by atoms with E-state index < -0.39 is 18.0 Å². The maximum atomic E-state index is 12.1. The summed E-state index contributed by atoms with van der Waals surface area (Å²) in [5.74, 6) is -0.495. The van der Waals surface area contributed by atoms with Gasteiger partial charge in [-0.2, -0.15) is 0 Å². The van der Waals surface area contributed by atoms with Gasteiger partial charge < -0.3 is 14.8 Å². The van der Waals surface area contributed by atoms with Crippen molar-refractivity contribution in [3.05, 3.63) is 59.7 Å². The lowest BCUT2D eigenvalue weighted by Crippen LogP contribution is -2.30. The summed E-state index contributed by atoms with van der Waals surface area (Å²) >= 11 is 0. The lowest BCUT2D eigenvalue weighted by molar-refractivity contribution is -0.123. The molecule has 6 nitrogen and oxygen atoms in total. The first-order valence-electron chi connectivity index (χ1n) is 7.67. The first-order valence-corrected chi connectivity index (χ1v) is 7.67. The summed E-state index contributed by atoms with van der Waals surface area (Å²) in [5, 5.41) is 2.64. The molecule has 0 fully saturated rings. The molecular formula is C19H19NO5. The average Bonchev–Trinajstić information content (AvgIpc) is 2.62. The van der Waals surface area contributed by atoms with Crippen LogP contribution in [0.2, 0.25) is 0 Å². The summed E-state index contributed by atoms with van der Waals surface area (Å²) in [5.41, 5.74) is 1.39. The molecule has 1 atom stereocenters. The molecule has 130 valence electrons. The molecule has 0 heterocycles. The summed E-state index contributed by atoms with van der Waals surface area (Å²) in [4.78, 5) is 35.4. The van der Waals surface area contributed by atoms with Crippen molar-refractivity contribution in [1.29, 1.82) is 0 Å². The van der Waals surface area contributed by atoms with E-state index in [2.05, 4.69) is 5.32 Å². The number of ether oxygens (including phenoxy) is 2. The van der Waals surface area contributed by atoms with Crippen molar-refractivity contribution < 1.29 is 23.9 Å². The van der Waals surface area contributed by atoms with Crippen molar-refractivity contribution in [1.82, 2.24) is 0 Å². The lowest BCUT2D eigenvalue weighted by atomic mass is 10.1. The van der Waals surface area contributed by atoms with Gasteiger partial charge in [-0.1, -0.05) is 0 Å². The predicted octanol–water partition coefficient (Wildman–Crippen LogP) is 3.08. The van der Waals surface area contributed by atoms with E-state index in [-0.39, 0.29) is 5.78 Å². The summed E-state index contributed by atoms with van der Waals surface area (Å²) in [6.07, 6.45) is -0.970. The van der Waals surface area contributed by atoms with Gasteiger partial charge in [-0.25, -0.2) is 4.79 Å². The highest BCUT2D eigenvalue weighted by Crippen LogP contribution is 2.14. The quantitative estimate of drug-likeness (QED) is 0.645. The normalized spacial score (nSPS) is 11.3. The van der Waals surface area contributed by atoms with Gasteiger partial charge >= 0.3 is 5.97 Å². The molecule has 2 aromatic rings. The molecule has 1 N–H and O–H groups in total. The van der Waals surface area contributed by atoms with Gasteiger partial charge in [0, 0.05) is 11.3 Å². The molecular weight excluding hydrogens is 322 g/mol. The van der Waals surface area contributed by atoms with Crippen LogP contribution in [-0.4, -0.2) is 30.9 Å². The number of ketones is 1. The van der Waals surface area contributed by atoms with Crippen LogP contribution in [0.15, 0.2) is 48.5 Å². The van der Waals surface area contributed by atoms with Crippen LogP contribution in [0.25, 0.3) is 0 Å². The van der Waals surface area contributed by atoms with Crippen molar-refractivity contribution >= 4 is 23.3 Å². The number of esters is 1. The molecule has 0 aliphatic heterocycles. The standard InChI is InChI=1S/C19H19NO5/c1-12(21)14-4-8-16(9-5-14)20-18(22)13(2)25-19(23)15-6-10-17(24-3)11-7-15/h4-11,13H,1-3H3,(H,20,22)/t13-/m0/s1. The minimum atomic E-state index is -0.970. The Kier molecular flexibility index (Phi) is 5.89. The van der Waals surface area contributed by atoms with Crippen LogP contribution in [0.5, 0.6) is 5.75 Å². The topological polar surface area (TPSA) is 81.7 Å². The molecule has 0 saturated heterocycles. The number of anilines is 1. The zero-order valence-corrected chi connectivity index (χ0v) is 14.2. The van der Waals surface area contributed by atoms with Gasteiger partial charge in [0.15, 0.2) is 11.9 Å². The first kappa shape index (κ1) is 18.2. The second-order valence-corrected chi connectivity index (χ2v) is 5.40. The Bertz CT molecular complexity index is 765. The number of rotatable bonds is 6. The zero-order valence-electron chi connectivity index (χ0n) is 14.2. The second kappa shape index (κ2) is 8.10. The van der Waals surface area contributed by atoms with Gasteiger partial charge in [0.05, 0.1) is 12.7 Å². The number of nitrogens with one attached hydrogen (secondary N) is 1. The molecule has 1 amide bonds. The van der Waals surface area contributed by atoms with Crippen LogP contribution >= 0.6 is 0 Å². The number of carbonyl (C=O) groups is 3. The largest absolute Gasteiger partial charge is 0.497 e. The monoisotopic (exact) mass is 341 g/mol. The third-order valence-corrected chi connectivity index (χ3v) is 3.54. The number of hydrogen-bond donors (Lipinski definition) is 1. The highest BCUT2D eigenvalue weighted by molar-refractivity contribution is 5.98.